The lowest BCUT2D eigenvalue weighted by Gasteiger charge is -2.46. The predicted molar refractivity (Wildman–Crippen MR) is 120 cm³/mol. The number of anilines is 1. The number of hydrogen-bond acceptors (Lipinski definition) is 3. The van der Waals surface area contributed by atoms with Gasteiger partial charge in [0.2, 0.25) is 5.91 Å². The highest BCUT2D eigenvalue weighted by Crippen LogP contribution is 2.52. The van der Waals surface area contributed by atoms with Crippen LogP contribution >= 0.6 is 22.6 Å². The summed E-state index contributed by atoms with van der Waals surface area (Å²) in [6.45, 7) is -0.293. The van der Waals surface area contributed by atoms with Crippen molar-refractivity contribution < 1.29 is 15.0 Å². The standard InChI is InChI=1S/C22H29IN2O3/c23-11-16-2-1-3-19-21(16)18(12-25(19)17(13-26)14-27)24-20(28)10-22-7-4-15(5-8-22)6-9-22/h1-3,12,15,17,26-27H,4-11,13-14H2,(H,24,28). The molecule has 28 heavy (non-hydrogen) atoms. The largest absolute Gasteiger partial charge is 0.394 e. The zero-order valence-corrected chi connectivity index (χ0v) is 18.3. The molecule has 1 amide bonds. The highest BCUT2D eigenvalue weighted by atomic mass is 127. The maximum atomic E-state index is 13.0. The Bertz CT molecular complexity index is 837. The van der Waals surface area contributed by atoms with Crippen molar-refractivity contribution >= 4 is 45.1 Å². The van der Waals surface area contributed by atoms with Crippen LogP contribution in [-0.4, -0.2) is 33.9 Å². The number of carbonyl (C=O) groups excluding carboxylic acids is 1. The number of alkyl halides is 1. The highest BCUT2D eigenvalue weighted by molar-refractivity contribution is 14.1. The third-order valence-corrected chi connectivity index (χ3v) is 7.78. The van der Waals surface area contributed by atoms with Crippen molar-refractivity contribution in [1.29, 1.82) is 0 Å². The summed E-state index contributed by atoms with van der Waals surface area (Å²) in [4.78, 5) is 13.0. The van der Waals surface area contributed by atoms with Crippen molar-refractivity contribution in [2.45, 2.75) is 55.4 Å². The van der Waals surface area contributed by atoms with Gasteiger partial charge in [-0.1, -0.05) is 34.7 Å². The minimum absolute atomic E-state index is 0.0900. The zero-order valence-electron chi connectivity index (χ0n) is 16.2. The molecule has 6 heteroatoms. The van der Waals surface area contributed by atoms with Gasteiger partial charge in [-0.15, -0.1) is 0 Å². The number of amides is 1. The molecule has 0 atom stereocenters. The SMILES string of the molecule is O=C(CC12CCC(CC1)CC2)Nc1cn(C(CO)CO)c2cccc(CI)c12. The molecule has 2 bridgehead atoms. The minimum Gasteiger partial charge on any atom is -0.394 e. The van der Waals surface area contributed by atoms with Gasteiger partial charge in [0, 0.05) is 22.4 Å². The molecule has 5 nitrogen and oxygen atoms in total. The average molecular weight is 496 g/mol. The first-order chi connectivity index (χ1) is 13.6. The Hall–Kier alpha value is -1.12. The van der Waals surface area contributed by atoms with Crippen LogP contribution in [0.1, 0.15) is 56.6 Å². The van der Waals surface area contributed by atoms with Gasteiger partial charge in [-0.3, -0.25) is 4.79 Å². The van der Waals surface area contributed by atoms with Crippen molar-refractivity contribution in [1.82, 2.24) is 4.57 Å². The van der Waals surface area contributed by atoms with Gasteiger partial charge in [0.25, 0.3) is 0 Å². The second kappa shape index (κ2) is 8.32. The number of fused-ring (bicyclic) bond motifs is 4. The molecule has 0 saturated heterocycles. The molecular formula is C22H29IN2O3. The van der Waals surface area contributed by atoms with E-state index in [9.17, 15) is 15.0 Å². The second-order valence-electron chi connectivity index (χ2n) is 8.62. The Labute approximate surface area is 179 Å². The average Bonchev–Trinajstić information content (AvgIpc) is 3.08. The van der Waals surface area contributed by atoms with Crippen LogP contribution in [0.4, 0.5) is 5.69 Å². The molecule has 3 N–H and O–H groups in total. The van der Waals surface area contributed by atoms with E-state index in [-0.39, 0.29) is 24.5 Å². The molecule has 5 rings (SSSR count). The Morgan fingerprint density at radius 1 is 1.21 bits per heavy atom. The molecule has 0 spiro atoms. The molecule has 3 fully saturated rings. The van der Waals surface area contributed by atoms with E-state index in [4.69, 9.17) is 0 Å². The van der Waals surface area contributed by atoms with Crippen LogP contribution < -0.4 is 5.32 Å². The lowest BCUT2D eigenvalue weighted by atomic mass is 9.59. The lowest BCUT2D eigenvalue weighted by molar-refractivity contribution is -0.120. The van der Waals surface area contributed by atoms with Gasteiger partial charge < -0.3 is 20.1 Å². The fourth-order valence-corrected chi connectivity index (χ4v) is 5.90. The van der Waals surface area contributed by atoms with Crippen LogP contribution in [0.2, 0.25) is 0 Å². The summed E-state index contributed by atoms with van der Waals surface area (Å²) in [5.74, 6) is 0.982. The predicted octanol–water partition coefficient (Wildman–Crippen LogP) is 4.40. The lowest BCUT2D eigenvalue weighted by Crippen LogP contribution is -2.37. The molecule has 3 aliphatic rings. The molecule has 0 radical (unpaired) electrons. The number of hydrogen-bond donors (Lipinski definition) is 3. The van der Waals surface area contributed by atoms with E-state index in [0.29, 0.717) is 6.42 Å². The molecule has 2 aromatic rings. The number of rotatable bonds is 7. The van der Waals surface area contributed by atoms with Crippen molar-refractivity contribution in [3.05, 3.63) is 30.0 Å². The maximum Gasteiger partial charge on any atom is 0.224 e. The molecule has 1 aromatic heterocycles. The van der Waals surface area contributed by atoms with Crippen LogP contribution in [0.5, 0.6) is 0 Å². The van der Waals surface area contributed by atoms with E-state index < -0.39 is 6.04 Å². The van der Waals surface area contributed by atoms with E-state index in [0.717, 1.165) is 32.5 Å². The number of aromatic nitrogens is 1. The monoisotopic (exact) mass is 496 g/mol. The number of carbonyl (C=O) groups is 1. The molecule has 3 aliphatic carbocycles. The minimum atomic E-state index is -0.412. The smallest absolute Gasteiger partial charge is 0.224 e. The summed E-state index contributed by atoms with van der Waals surface area (Å²) in [6.07, 6.45) is 9.86. The molecular weight excluding hydrogens is 467 g/mol. The second-order valence-corrected chi connectivity index (χ2v) is 9.38. The number of aliphatic hydroxyl groups is 2. The van der Waals surface area contributed by atoms with Gasteiger partial charge in [0.05, 0.1) is 30.5 Å². The summed E-state index contributed by atoms with van der Waals surface area (Å²) < 4.78 is 2.72. The summed E-state index contributed by atoms with van der Waals surface area (Å²) in [5.41, 5.74) is 3.08. The molecule has 0 unspecified atom stereocenters. The maximum absolute atomic E-state index is 13.0. The highest BCUT2D eigenvalue weighted by Gasteiger charge is 2.41. The first kappa shape index (κ1) is 20.2. The van der Waals surface area contributed by atoms with E-state index in [1.165, 1.54) is 38.5 Å². The van der Waals surface area contributed by atoms with Crippen molar-refractivity contribution in [3.63, 3.8) is 0 Å². The van der Waals surface area contributed by atoms with Gasteiger partial charge in [-0.05, 0) is 61.5 Å². The molecule has 1 aromatic carbocycles. The third-order valence-electron chi connectivity index (χ3n) is 6.96. The van der Waals surface area contributed by atoms with Gasteiger partial charge in [-0.2, -0.15) is 0 Å². The van der Waals surface area contributed by atoms with E-state index in [1.807, 2.05) is 22.9 Å². The van der Waals surface area contributed by atoms with E-state index >= 15 is 0 Å². The zero-order chi connectivity index (χ0) is 19.7. The van der Waals surface area contributed by atoms with Crippen molar-refractivity contribution in [2.24, 2.45) is 11.3 Å². The Morgan fingerprint density at radius 2 is 1.89 bits per heavy atom. The van der Waals surface area contributed by atoms with Gasteiger partial charge in [0.15, 0.2) is 0 Å². The summed E-state index contributed by atoms with van der Waals surface area (Å²) in [7, 11) is 0. The fourth-order valence-electron chi connectivity index (χ4n) is 5.27. The summed E-state index contributed by atoms with van der Waals surface area (Å²) in [5, 5.41) is 23.5. The van der Waals surface area contributed by atoms with Crippen LogP contribution in [0.15, 0.2) is 24.4 Å². The van der Waals surface area contributed by atoms with Crippen molar-refractivity contribution in [3.8, 4) is 0 Å². The van der Waals surface area contributed by atoms with Gasteiger partial charge in [0.1, 0.15) is 0 Å². The molecule has 1 heterocycles. The quantitative estimate of drug-likeness (QED) is 0.393. The normalized spacial score (nSPS) is 24.2. The Morgan fingerprint density at radius 3 is 2.50 bits per heavy atom. The van der Waals surface area contributed by atoms with Gasteiger partial charge >= 0.3 is 0 Å². The van der Waals surface area contributed by atoms with Crippen LogP contribution in [-0.2, 0) is 9.22 Å². The van der Waals surface area contributed by atoms with Crippen molar-refractivity contribution in [2.75, 3.05) is 18.5 Å². The number of nitrogens with zero attached hydrogens (tertiary/aromatic N) is 1. The molecule has 0 aliphatic heterocycles. The van der Waals surface area contributed by atoms with Crippen LogP contribution in [0, 0.1) is 11.3 Å². The first-order valence-corrected chi connectivity index (χ1v) is 11.8. The van der Waals surface area contributed by atoms with Crippen LogP contribution in [0.25, 0.3) is 10.9 Å². The summed E-state index contributed by atoms with van der Waals surface area (Å²) in [6, 6.07) is 5.64. The molecule has 152 valence electrons. The first-order valence-electron chi connectivity index (χ1n) is 10.3. The van der Waals surface area contributed by atoms with Gasteiger partial charge in [-0.25, -0.2) is 0 Å². The number of nitrogens with one attached hydrogen (secondary N) is 1. The number of halogens is 1. The fraction of sp³-hybridized carbons (Fsp3) is 0.591. The number of benzene rings is 1. The summed E-state index contributed by atoms with van der Waals surface area (Å²) >= 11 is 2.33. The Balaban J connectivity index is 1.63. The van der Waals surface area contributed by atoms with Crippen LogP contribution in [0.3, 0.4) is 0 Å². The number of aliphatic hydroxyl groups excluding tert-OH is 2. The molecule has 3 saturated carbocycles. The van der Waals surface area contributed by atoms with E-state index in [1.54, 1.807) is 0 Å². The topological polar surface area (TPSA) is 74.5 Å². The third kappa shape index (κ3) is 3.71. The van der Waals surface area contributed by atoms with E-state index in [2.05, 4.69) is 34.0 Å². The Kier molecular flexibility index (Phi) is 5.99.